The first-order valence-corrected chi connectivity index (χ1v) is 15.8. The molecule has 4 aromatic rings. The number of hydrogen-bond acceptors (Lipinski definition) is 9. The van der Waals surface area contributed by atoms with E-state index < -0.39 is 38.3 Å². The van der Waals surface area contributed by atoms with Crippen LogP contribution in [-0.2, 0) is 24.8 Å². The first kappa shape index (κ1) is 29.7. The number of hydrogen-bond donors (Lipinski definition) is 2. The molecule has 1 amide bonds. The topological polar surface area (TPSA) is 157 Å². The predicted octanol–water partition coefficient (Wildman–Crippen LogP) is 3.64. The number of fused-ring (bicyclic) bond motifs is 1. The number of aromatic nitrogens is 2. The molecule has 0 unspecified atom stereocenters. The molecule has 0 bridgehead atoms. The van der Waals surface area contributed by atoms with Crippen molar-refractivity contribution in [1.82, 2.24) is 9.97 Å². The molecule has 5 rings (SSSR count). The summed E-state index contributed by atoms with van der Waals surface area (Å²) in [5, 5.41) is 2.57. The van der Waals surface area contributed by atoms with Gasteiger partial charge < -0.3 is 14.8 Å². The van der Waals surface area contributed by atoms with Crippen LogP contribution in [0.15, 0.2) is 82.6 Å². The molecule has 1 aliphatic heterocycles. The molecule has 1 aromatic heterocycles. The van der Waals surface area contributed by atoms with Crippen molar-refractivity contribution in [3.8, 4) is 11.5 Å². The molecule has 2 heterocycles. The van der Waals surface area contributed by atoms with E-state index in [-0.39, 0.29) is 39.5 Å². The van der Waals surface area contributed by atoms with Crippen LogP contribution in [0.4, 0.5) is 21.7 Å². The van der Waals surface area contributed by atoms with Gasteiger partial charge in [0.05, 0.1) is 15.5 Å². The average Bonchev–Trinajstić information content (AvgIpc) is 2.95. The van der Waals surface area contributed by atoms with Gasteiger partial charge in [-0.15, -0.1) is 0 Å². The molecule has 12 nitrogen and oxygen atoms in total. The van der Waals surface area contributed by atoms with E-state index in [0.29, 0.717) is 23.7 Å². The number of nitrogens with zero attached hydrogens (tertiary/aromatic N) is 3. The Morgan fingerprint density at radius 1 is 0.837 bits per heavy atom. The van der Waals surface area contributed by atoms with Gasteiger partial charge in [-0.2, -0.15) is 0 Å². The molecule has 224 valence electrons. The molecule has 0 saturated heterocycles. The molecule has 0 spiro atoms. The van der Waals surface area contributed by atoms with Crippen LogP contribution in [0.2, 0.25) is 0 Å². The zero-order chi connectivity index (χ0) is 30.8. The van der Waals surface area contributed by atoms with Gasteiger partial charge >= 0.3 is 0 Å². The Bertz CT molecular complexity index is 1870. The van der Waals surface area contributed by atoms with Gasteiger partial charge in [0.25, 0.3) is 20.0 Å². The second-order valence-corrected chi connectivity index (χ2v) is 13.0. The fourth-order valence-electron chi connectivity index (χ4n) is 4.23. The number of rotatable bonds is 9. The summed E-state index contributed by atoms with van der Waals surface area (Å²) in [6.07, 6.45) is 0. The maximum Gasteiger partial charge on any atom is 0.264 e. The number of halogens is 1. The molecular weight excluding hydrogens is 601 g/mol. The fourth-order valence-corrected chi connectivity index (χ4v) is 6.61. The Kier molecular flexibility index (Phi) is 8.19. The lowest BCUT2D eigenvalue weighted by molar-refractivity contribution is -0.114. The van der Waals surface area contributed by atoms with E-state index >= 15 is 0 Å². The number of sulfonamides is 2. The molecule has 43 heavy (non-hydrogen) atoms. The molecule has 0 saturated carbocycles. The summed E-state index contributed by atoms with van der Waals surface area (Å²) >= 11 is 0. The molecule has 2 N–H and O–H groups in total. The van der Waals surface area contributed by atoms with E-state index in [4.69, 9.17) is 9.47 Å². The molecule has 3 aromatic carbocycles. The van der Waals surface area contributed by atoms with Gasteiger partial charge in [0.1, 0.15) is 25.6 Å². The van der Waals surface area contributed by atoms with Crippen molar-refractivity contribution in [3.05, 3.63) is 90.0 Å². The second kappa shape index (κ2) is 11.9. The Hall–Kier alpha value is -4.76. The van der Waals surface area contributed by atoms with Crippen LogP contribution in [0.1, 0.15) is 11.4 Å². The minimum Gasteiger partial charge on any atom is -0.486 e. The maximum absolute atomic E-state index is 13.7. The molecule has 0 fully saturated rings. The van der Waals surface area contributed by atoms with Crippen molar-refractivity contribution >= 4 is 43.3 Å². The normalized spacial score (nSPS) is 12.8. The van der Waals surface area contributed by atoms with Crippen molar-refractivity contribution < 1.29 is 35.5 Å². The first-order chi connectivity index (χ1) is 20.4. The second-order valence-electron chi connectivity index (χ2n) is 9.45. The Labute approximate surface area is 247 Å². The highest BCUT2D eigenvalue weighted by Crippen LogP contribution is 2.34. The van der Waals surface area contributed by atoms with Crippen molar-refractivity contribution in [1.29, 1.82) is 0 Å². The smallest absolute Gasteiger partial charge is 0.264 e. The lowest BCUT2D eigenvalue weighted by Crippen LogP contribution is -2.38. The van der Waals surface area contributed by atoms with Crippen LogP contribution in [0.3, 0.4) is 0 Å². The quantitative estimate of drug-likeness (QED) is 0.283. The Morgan fingerprint density at radius 3 is 2.09 bits per heavy atom. The van der Waals surface area contributed by atoms with E-state index in [2.05, 4.69) is 20.0 Å². The molecule has 0 aliphatic carbocycles. The number of nitrogens with one attached hydrogen (secondary N) is 2. The highest BCUT2D eigenvalue weighted by atomic mass is 32.2. The van der Waals surface area contributed by atoms with Gasteiger partial charge in [0.2, 0.25) is 11.9 Å². The van der Waals surface area contributed by atoms with E-state index in [1.54, 1.807) is 19.9 Å². The van der Waals surface area contributed by atoms with Gasteiger partial charge in [0, 0.05) is 23.1 Å². The minimum atomic E-state index is -4.33. The van der Waals surface area contributed by atoms with Gasteiger partial charge in [-0.1, -0.05) is 0 Å². The summed E-state index contributed by atoms with van der Waals surface area (Å²) in [4.78, 5) is 21.0. The monoisotopic (exact) mass is 627 g/mol. The third-order valence-corrected chi connectivity index (χ3v) is 9.27. The summed E-state index contributed by atoms with van der Waals surface area (Å²) in [5.74, 6) is -0.765. The summed E-state index contributed by atoms with van der Waals surface area (Å²) in [6.45, 7) is 3.32. The third-order valence-electron chi connectivity index (χ3n) is 6.16. The lowest BCUT2D eigenvalue weighted by Gasteiger charge is -2.25. The van der Waals surface area contributed by atoms with Gasteiger partial charge in [-0.3, -0.25) is 9.10 Å². The standard InChI is InChI=1S/C28H26FN5O7S2/c1-18-15-19(2)31-28(30-18)33-42(36,37)23-9-5-21(6-10-23)32-27(35)17-34(22-7-3-20(29)4-8-22)43(38,39)24-11-12-25-26(16-24)41-14-13-40-25/h3-12,15-16H,13-14,17H2,1-2H3,(H,32,35)(H,30,31,33). The van der Waals surface area contributed by atoms with Crippen molar-refractivity contribution in [2.75, 3.05) is 34.1 Å². The van der Waals surface area contributed by atoms with Crippen LogP contribution >= 0.6 is 0 Å². The number of anilines is 3. The molecule has 0 radical (unpaired) electrons. The average molecular weight is 628 g/mol. The zero-order valence-corrected chi connectivity index (χ0v) is 24.6. The number of benzene rings is 3. The van der Waals surface area contributed by atoms with E-state index in [1.165, 1.54) is 54.6 Å². The minimum absolute atomic E-state index is 0.0487. The van der Waals surface area contributed by atoms with Crippen LogP contribution in [0.25, 0.3) is 0 Å². The van der Waals surface area contributed by atoms with E-state index in [9.17, 15) is 26.0 Å². The van der Waals surface area contributed by atoms with Gasteiger partial charge in [-0.25, -0.2) is 35.9 Å². The number of carbonyl (C=O) groups excluding carboxylic acids is 1. The van der Waals surface area contributed by atoms with Gasteiger partial charge in [0.15, 0.2) is 11.5 Å². The summed E-state index contributed by atoms with van der Waals surface area (Å²) in [7, 11) is -8.37. The molecule has 1 aliphatic rings. The summed E-state index contributed by atoms with van der Waals surface area (Å²) < 4.78 is 80.8. The van der Waals surface area contributed by atoms with Crippen LogP contribution in [0.5, 0.6) is 11.5 Å². The molecule has 15 heteroatoms. The van der Waals surface area contributed by atoms with E-state index in [1.807, 2.05) is 0 Å². The number of aryl methyl sites for hydroxylation is 2. The lowest BCUT2D eigenvalue weighted by atomic mass is 10.3. The van der Waals surface area contributed by atoms with Crippen LogP contribution in [-0.4, -0.2) is 52.5 Å². The first-order valence-electron chi connectivity index (χ1n) is 12.8. The largest absolute Gasteiger partial charge is 0.486 e. The molecule has 0 atom stereocenters. The zero-order valence-electron chi connectivity index (χ0n) is 22.9. The third kappa shape index (κ3) is 6.84. The highest BCUT2D eigenvalue weighted by Gasteiger charge is 2.29. The van der Waals surface area contributed by atoms with Crippen LogP contribution < -0.4 is 23.8 Å². The van der Waals surface area contributed by atoms with E-state index in [0.717, 1.165) is 16.4 Å². The number of carbonyl (C=O) groups is 1. The maximum atomic E-state index is 13.7. The summed E-state index contributed by atoms with van der Waals surface area (Å²) in [6, 6.07) is 15.7. The summed E-state index contributed by atoms with van der Waals surface area (Å²) in [5.41, 5.74) is 1.44. The van der Waals surface area contributed by atoms with Crippen molar-refractivity contribution in [2.45, 2.75) is 23.6 Å². The number of amides is 1. The van der Waals surface area contributed by atoms with Gasteiger partial charge in [-0.05, 0) is 80.6 Å². The van der Waals surface area contributed by atoms with Crippen molar-refractivity contribution in [3.63, 3.8) is 0 Å². The SMILES string of the molecule is Cc1cc(C)nc(NS(=O)(=O)c2ccc(NC(=O)CN(c3ccc(F)cc3)S(=O)(=O)c3ccc4c(c3)OCCO4)cc2)n1. The van der Waals surface area contributed by atoms with Crippen LogP contribution in [0, 0.1) is 19.7 Å². The Balaban J connectivity index is 1.35. The predicted molar refractivity (Wildman–Crippen MR) is 156 cm³/mol. The Morgan fingerprint density at radius 2 is 1.44 bits per heavy atom. The fraction of sp³-hybridized carbons (Fsp3) is 0.179. The highest BCUT2D eigenvalue weighted by molar-refractivity contribution is 7.93. The van der Waals surface area contributed by atoms with Crippen molar-refractivity contribution in [2.24, 2.45) is 0 Å². The number of ether oxygens (including phenoxy) is 2. The molecular formula is C28H26FN5O7S2.